The number of fused-ring (bicyclic) bond motifs is 1. The van der Waals surface area contributed by atoms with Gasteiger partial charge in [0.1, 0.15) is 5.60 Å². The Kier molecular flexibility index (Phi) is 4.29. The van der Waals surface area contributed by atoms with Gasteiger partial charge in [-0.15, -0.1) is 0 Å². The summed E-state index contributed by atoms with van der Waals surface area (Å²) in [6, 6.07) is 8.08. The van der Waals surface area contributed by atoms with Crippen LogP contribution in [-0.4, -0.2) is 17.6 Å². The van der Waals surface area contributed by atoms with Gasteiger partial charge in [-0.2, -0.15) is 0 Å². The van der Waals surface area contributed by atoms with Crippen LogP contribution in [0.3, 0.4) is 0 Å². The zero-order valence-electron chi connectivity index (χ0n) is 12.6. The van der Waals surface area contributed by atoms with Crippen LogP contribution in [0.25, 0.3) is 0 Å². The summed E-state index contributed by atoms with van der Waals surface area (Å²) in [4.78, 5) is 12.3. The van der Waals surface area contributed by atoms with Crippen LogP contribution in [0.4, 0.5) is 0 Å². The Hall–Kier alpha value is -1.35. The largest absolute Gasteiger partial charge is 0.383 e. The van der Waals surface area contributed by atoms with Crippen LogP contribution in [0.5, 0.6) is 0 Å². The van der Waals surface area contributed by atoms with Gasteiger partial charge in [0.15, 0.2) is 0 Å². The van der Waals surface area contributed by atoms with E-state index in [1.807, 2.05) is 18.2 Å². The van der Waals surface area contributed by atoms with Crippen molar-refractivity contribution in [1.29, 1.82) is 0 Å². The fraction of sp³-hybridized carbons (Fsp3) is 0.611. The lowest BCUT2D eigenvalue weighted by molar-refractivity contribution is -0.127. The van der Waals surface area contributed by atoms with Gasteiger partial charge in [0, 0.05) is 5.92 Å². The maximum absolute atomic E-state index is 12.3. The van der Waals surface area contributed by atoms with Crippen molar-refractivity contribution in [2.75, 3.05) is 6.54 Å². The monoisotopic (exact) mass is 287 g/mol. The summed E-state index contributed by atoms with van der Waals surface area (Å²) in [5.74, 6) is 0.285. The minimum Gasteiger partial charge on any atom is -0.383 e. The minimum atomic E-state index is -0.890. The number of nitrogens with one attached hydrogen (secondary N) is 1. The van der Waals surface area contributed by atoms with Crippen molar-refractivity contribution in [3.05, 3.63) is 35.4 Å². The van der Waals surface area contributed by atoms with Crippen LogP contribution in [0.15, 0.2) is 24.3 Å². The SMILES string of the molecule is O=C(NCC1(O)CCCc2ccccc21)C1CCCCC1. The molecule has 3 heteroatoms. The smallest absolute Gasteiger partial charge is 0.223 e. The van der Waals surface area contributed by atoms with Gasteiger partial charge >= 0.3 is 0 Å². The maximum Gasteiger partial charge on any atom is 0.223 e. The van der Waals surface area contributed by atoms with Gasteiger partial charge in [0.05, 0.1) is 6.54 Å². The Labute approximate surface area is 126 Å². The molecule has 2 aliphatic carbocycles. The van der Waals surface area contributed by atoms with Crippen LogP contribution in [0, 0.1) is 5.92 Å². The Balaban J connectivity index is 1.66. The number of aryl methyl sites for hydroxylation is 1. The van der Waals surface area contributed by atoms with Crippen molar-refractivity contribution in [3.8, 4) is 0 Å². The standard InChI is InChI=1S/C18H25NO2/c20-17(15-8-2-1-3-9-15)19-13-18(21)12-6-10-14-7-4-5-11-16(14)18/h4-5,7,11,15,21H,1-3,6,8-10,12-13H2,(H,19,20). The molecule has 1 aromatic carbocycles. The molecule has 21 heavy (non-hydrogen) atoms. The average Bonchev–Trinajstić information content (AvgIpc) is 2.54. The van der Waals surface area contributed by atoms with Gasteiger partial charge in [0.2, 0.25) is 5.91 Å². The highest BCUT2D eigenvalue weighted by atomic mass is 16.3. The number of amides is 1. The summed E-state index contributed by atoms with van der Waals surface area (Å²) in [7, 11) is 0. The fourth-order valence-corrected chi connectivity index (χ4v) is 3.82. The summed E-state index contributed by atoms with van der Waals surface area (Å²) in [5, 5.41) is 14.0. The first kappa shape index (κ1) is 14.6. The van der Waals surface area contributed by atoms with E-state index in [0.29, 0.717) is 6.54 Å². The van der Waals surface area contributed by atoms with E-state index in [9.17, 15) is 9.90 Å². The Morgan fingerprint density at radius 3 is 2.76 bits per heavy atom. The lowest BCUT2D eigenvalue weighted by atomic mass is 9.79. The van der Waals surface area contributed by atoms with Crippen molar-refractivity contribution in [2.24, 2.45) is 5.92 Å². The predicted molar refractivity (Wildman–Crippen MR) is 82.9 cm³/mol. The average molecular weight is 287 g/mol. The van der Waals surface area contributed by atoms with E-state index >= 15 is 0 Å². The molecule has 1 aromatic rings. The molecule has 1 saturated carbocycles. The molecule has 1 amide bonds. The molecule has 0 heterocycles. The number of hydrogen-bond acceptors (Lipinski definition) is 2. The van der Waals surface area contributed by atoms with Crippen LogP contribution in [-0.2, 0) is 16.8 Å². The van der Waals surface area contributed by atoms with E-state index in [4.69, 9.17) is 0 Å². The number of aliphatic hydroxyl groups is 1. The van der Waals surface area contributed by atoms with E-state index in [-0.39, 0.29) is 11.8 Å². The van der Waals surface area contributed by atoms with Gasteiger partial charge in [-0.25, -0.2) is 0 Å². The number of rotatable bonds is 3. The molecule has 1 unspecified atom stereocenters. The zero-order chi connectivity index (χ0) is 14.7. The topological polar surface area (TPSA) is 49.3 Å². The second-order valence-electron chi connectivity index (χ2n) is 6.60. The van der Waals surface area contributed by atoms with Crippen molar-refractivity contribution in [2.45, 2.75) is 57.0 Å². The molecule has 1 atom stereocenters. The number of carbonyl (C=O) groups is 1. The first-order valence-corrected chi connectivity index (χ1v) is 8.27. The van der Waals surface area contributed by atoms with E-state index in [1.54, 1.807) is 0 Å². The predicted octanol–water partition coefficient (Wildman–Crippen LogP) is 2.91. The van der Waals surface area contributed by atoms with Crippen LogP contribution in [0.2, 0.25) is 0 Å². The van der Waals surface area contributed by atoms with Gasteiger partial charge < -0.3 is 10.4 Å². The molecule has 3 nitrogen and oxygen atoms in total. The fourth-order valence-electron chi connectivity index (χ4n) is 3.82. The molecule has 2 aliphatic rings. The molecular formula is C18H25NO2. The summed E-state index contributed by atoms with van der Waals surface area (Å²) >= 11 is 0. The van der Waals surface area contributed by atoms with E-state index in [0.717, 1.165) is 50.5 Å². The molecule has 114 valence electrons. The Bertz CT molecular complexity index is 508. The van der Waals surface area contributed by atoms with E-state index in [2.05, 4.69) is 11.4 Å². The summed E-state index contributed by atoms with van der Waals surface area (Å²) in [6.07, 6.45) is 8.30. The molecule has 1 fully saturated rings. The summed E-state index contributed by atoms with van der Waals surface area (Å²) in [5.41, 5.74) is 1.33. The second kappa shape index (κ2) is 6.18. The highest BCUT2D eigenvalue weighted by molar-refractivity contribution is 5.78. The van der Waals surface area contributed by atoms with Gasteiger partial charge in [-0.1, -0.05) is 43.5 Å². The molecule has 2 N–H and O–H groups in total. The summed E-state index contributed by atoms with van der Waals surface area (Å²) in [6.45, 7) is 0.347. The Morgan fingerprint density at radius 1 is 1.19 bits per heavy atom. The van der Waals surface area contributed by atoms with Gasteiger partial charge in [-0.05, 0) is 43.2 Å². The van der Waals surface area contributed by atoms with Gasteiger partial charge in [0.25, 0.3) is 0 Å². The minimum absolute atomic E-state index is 0.131. The molecule has 0 aromatic heterocycles. The number of carbonyl (C=O) groups excluding carboxylic acids is 1. The third-order valence-electron chi connectivity index (χ3n) is 5.09. The summed E-state index contributed by atoms with van der Waals surface area (Å²) < 4.78 is 0. The van der Waals surface area contributed by atoms with E-state index < -0.39 is 5.60 Å². The van der Waals surface area contributed by atoms with E-state index in [1.165, 1.54) is 12.0 Å². The van der Waals surface area contributed by atoms with Crippen LogP contribution in [0.1, 0.15) is 56.1 Å². The second-order valence-corrected chi connectivity index (χ2v) is 6.60. The lowest BCUT2D eigenvalue weighted by Crippen LogP contribution is -2.44. The number of benzene rings is 1. The van der Waals surface area contributed by atoms with Gasteiger partial charge in [-0.3, -0.25) is 4.79 Å². The molecule has 0 bridgehead atoms. The van der Waals surface area contributed by atoms with Crippen molar-refractivity contribution < 1.29 is 9.90 Å². The quantitative estimate of drug-likeness (QED) is 0.898. The van der Waals surface area contributed by atoms with Crippen molar-refractivity contribution in [1.82, 2.24) is 5.32 Å². The normalized spacial score (nSPS) is 26.1. The first-order valence-electron chi connectivity index (χ1n) is 8.27. The first-order chi connectivity index (χ1) is 10.2. The lowest BCUT2D eigenvalue weighted by Gasteiger charge is -2.35. The van der Waals surface area contributed by atoms with Crippen LogP contribution < -0.4 is 5.32 Å². The molecule has 3 rings (SSSR count). The number of hydrogen-bond donors (Lipinski definition) is 2. The third kappa shape index (κ3) is 3.13. The van der Waals surface area contributed by atoms with Crippen molar-refractivity contribution >= 4 is 5.91 Å². The third-order valence-corrected chi connectivity index (χ3v) is 5.09. The zero-order valence-corrected chi connectivity index (χ0v) is 12.6. The maximum atomic E-state index is 12.3. The molecule has 0 radical (unpaired) electrons. The Morgan fingerprint density at radius 2 is 1.95 bits per heavy atom. The molecule has 0 saturated heterocycles. The van der Waals surface area contributed by atoms with Crippen LogP contribution >= 0.6 is 0 Å². The molecule has 0 aliphatic heterocycles. The molecule has 0 spiro atoms. The van der Waals surface area contributed by atoms with Crippen molar-refractivity contribution in [3.63, 3.8) is 0 Å². The molecular weight excluding hydrogens is 262 g/mol. The highest BCUT2D eigenvalue weighted by Crippen LogP contribution is 2.35. The highest BCUT2D eigenvalue weighted by Gasteiger charge is 2.35.